The van der Waals surface area contributed by atoms with Crippen LogP contribution in [-0.4, -0.2) is 35.3 Å². The van der Waals surface area contributed by atoms with Gasteiger partial charge in [-0.25, -0.2) is 15.0 Å². The summed E-state index contributed by atoms with van der Waals surface area (Å²) in [6.07, 6.45) is -0.865. The Labute approximate surface area is 160 Å². The van der Waals surface area contributed by atoms with Crippen molar-refractivity contribution in [3.05, 3.63) is 82.0 Å². The number of methoxy groups -OCH3 is 2. The molecule has 28 heavy (non-hydrogen) atoms. The molecule has 2 aromatic carbocycles. The van der Waals surface area contributed by atoms with Crippen molar-refractivity contribution >= 4 is 11.9 Å². The van der Waals surface area contributed by atoms with E-state index in [4.69, 9.17) is 4.74 Å². The lowest BCUT2D eigenvalue weighted by Crippen LogP contribution is -2.35. The summed E-state index contributed by atoms with van der Waals surface area (Å²) < 4.78 is 12.0. The summed E-state index contributed by atoms with van der Waals surface area (Å²) in [5.41, 5.74) is 3.03. The molecule has 8 nitrogen and oxygen atoms in total. The quantitative estimate of drug-likeness (QED) is 0.686. The van der Waals surface area contributed by atoms with Crippen LogP contribution in [0.15, 0.2) is 59.4 Å². The van der Waals surface area contributed by atoms with Gasteiger partial charge in [-0.2, -0.15) is 4.68 Å². The van der Waals surface area contributed by atoms with Gasteiger partial charge < -0.3 is 9.47 Å². The van der Waals surface area contributed by atoms with E-state index < -0.39 is 17.6 Å². The van der Waals surface area contributed by atoms with Crippen molar-refractivity contribution in [3.8, 4) is 11.4 Å². The third-order valence-electron chi connectivity index (χ3n) is 4.25. The summed E-state index contributed by atoms with van der Waals surface area (Å²) in [5, 5.41) is 0. The number of amides is 1. The molecule has 0 aliphatic heterocycles. The van der Waals surface area contributed by atoms with Crippen LogP contribution in [0.5, 0.6) is 5.75 Å². The van der Waals surface area contributed by atoms with E-state index in [1.54, 1.807) is 68.6 Å². The maximum absolute atomic E-state index is 13.1. The van der Waals surface area contributed by atoms with E-state index in [0.29, 0.717) is 22.7 Å². The fraction of sp³-hybridized carbons (Fsp3) is 0.150. The molecule has 0 bridgehead atoms. The van der Waals surface area contributed by atoms with Crippen molar-refractivity contribution in [1.82, 2.24) is 9.24 Å². The van der Waals surface area contributed by atoms with Crippen molar-refractivity contribution in [2.24, 2.45) is 0 Å². The van der Waals surface area contributed by atoms with Crippen molar-refractivity contribution < 1.29 is 19.1 Å². The molecule has 0 saturated carbocycles. The zero-order valence-corrected chi connectivity index (χ0v) is 15.6. The SMILES string of the molecule is COC(=O)Nn1c(C(=O)c2ccccc2)c(C)n(-c2ccc(OC)cc2)c1=O. The molecule has 0 fully saturated rings. The maximum atomic E-state index is 13.1. The molecule has 3 aromatic rings. The number of nitrogens with zero attached hydrogens (tertiary/aromatic N) is 2. The molecule has 0 atom stereocenters. The molecule has 0 aliphatic carbocycles. The molecule has 0 radical (unpaired) electrons. The number of aromatic nitrogens is 2. The zero-order chi connectivity index (χ0) is 20.3. The third-order valence-corrected chi connectivity index (χ3v) is 4.25. The van der Waals surface area contributed by atoms with Gasteiger partial charge in [0.05, 0.1) is 25.6 Å². The highest BCUT2D eigenvalue weighted by Gasteiger charge is 2.25. The Morgan fingerprint density at radius 2 is 1.61 bits per heavy atom. The highest BCUT2D eigenvalue weighted by atomic mass is 16.5. The Morgan fingerprint density at radius 3 is 2.18 bits per heavy atom. The first kappa shape index (κ1) is 19.0. The summed E-state index contributed by atoms with van der Waals surface area (Å²) in [6, 6.07) is 15.3. The first-order valence-electron chi connectivity index (χ1n) is 8.41. The predicted octanol–water partition coefficient (Wildman–Crippen LogP) is 2.50. The van der Waals surface area contributed by atoms with E-state index in [2.05, 4.69) is 10.2 Å². The molecule has 8 heteroatoms. The van der Waals surface area contributed by atoms with Crippen molar-refractivity contribution in [2.75, 3.05) is 19.6 Å². The molecule has 1 aromatic heterocycles. The summed E-state index contributed by atoms with van der Waals surface area (Å²) in [5.74, 6) is 0.223. The Hall–Kier alpha value is -3.81. The number of ether oxygens (including phenoxy) is 2. The lowest BCUT2D eigenvalue weighted by atomic mass is 10.1. The fourth-order valence-electron chi connectivity index (χ4n) is 2.87. The van der Waals surface area contributed by atoms with Crippen LogP contribution in [0.4, 0.5) is 4.79 Å². The largest absolute Gasteiger partial charge is 0.497 e. The van der Waals surface area contributed by atoms with Crippen LogP contribution >= 0.6 is 0 Å². The van der Waals surface area contributed by atoms with Crippen molar-refractivity contribution in [2.45, 2.75) is 6.92 Å². The molecule has 3 rings (SSSR count). The minimum Gasteiger partial charge on any atom is -0.497 e. The van der Waals surface area contributed by atoms with E-state index in [-0.39, 0.29) is 5.69 Å². The second-order valence-corrected chi connectivity index (χ2v) is 5.88. The van der Waals surface area contributed by atoms with Gasteiger partial charge in [-0.1, -0.05) is 30.3 Å². The molecule has 0 unspecified atom stereocenters. The Kier molecular flexibility index (Phi) is 5.30. The van der Waals surface area contributed by atoms with Gasteiger partial charge in [0.1, 0.15) is 11.4 Å². The van der Waals surface area contributed by atoms with Crippen LogP contribution in [0.3, 0.4) is 0 Å². The summed E-state index contributed by atoms with van der Waals surface area (Å²) >= 11 is 0. The van der Waals surface area contributed by atoms with E-state index >= 15 is 0 Å². The second kappa shape index (κ2) is 7.83. The maximum Gasteiger partial charge on any atom is 0.426 e. The first-order chi connectivity index (χ1) is 13.5. The van der Waals surface area contributed by atoms with Crippen LogP contribution in [0.2, 0.25) is 0 Å². The molecule has 1 N–H and O–H groups in total. The number of carbonyl (C=O) groups is 2. The van der Waals surface area contributed by atoms with Gasteiger partial charge in [0.25, 0.3) is 0 Å². The monoisotopic (exact) mass is 381 g/mol. The van der Waals surface area contributed by atoms with E-state index in [1.807, 2.05) is 0 Å². The van der Waals surface area contributed by atoms with Crippen molar-refractivity contribution in [3.63, 3.8) is 0 Å². The van der Waals surface area contributed by atoms with E-state index in [0.717, 1.165) is 4.68 Å². The van der Waals surface area contributed by atoms with Crippen LogP contribution < -0.4 is 15.9 Å². The third kappa shape index (κ3) is 3.39. The molecule has 0 aliphatic rings. The summed E-state index contributed by atoms with van der Waals surface area (Å²) in [6.45, 7) is 1.64. The standard InChI is InChI=1S/C20H19N3O5/c1-13-17(18(24)14-7-5-4-6-8-14)23(21-19(25)28-3)20(26)22(13)15-9-11-16(27-2)12-10-15/h4-12H,1-3H3,(H,21,25). The summed E-state index contributed by atoms with van der Waals surface area (Å²) in [7, 11) is 2.71. The average molecular weight is 381 g/mol. The normalized spacial score (nSPS) is 10.4. The topological polar surface area (TPSA) is 91.6 Å². The number of rotatable bonds is 5. The highest BCUT2D eigenvalue weighted by molar-refractivity contribution is 6.09. The van der Waals surface area contributed by atoms with Gasteiger partial charge in [-0.15, -0.1) is 0 Å². The number of nitrogens with one attached hydrogen (secondary N) is 1. The number of ketones is 1. The second-order valence-electron chi connectivity index (χ2n) is 5.88. The number of hydrogen-bond acceptors (Lipinski definition) is 5. The van der Waals surface area contributed by atoms with E-state index in [9.17, 15) is 14.4 Å². The van der Waals surface area contributed by atoms with Gasteiger partial charge >= 0.3 is 11.8 Å². The fourth-order valence-corrected chi connectivity index (χ4v) is 2.87. The number of carbonyl (C=O) groups excluding carboxylic acids is 2. The van der Waals surface area contributed by atoms with Crippen LogP contribution in [0.25, 0.3) is 5.69 Å². The predicted molar refractivity (Wildman–Crippen MR) is 103 cm³/mol. The molecule has 1 amide bonds. The van der Waals surface area contributed by atoms with Gasteiger partial charge in [-0.3, -0.25) is 9.36 Å². The van der Waals surface area contributed by atoms with Gasteiger partial charge in [0, 0.05) is 5.56 Å². The molecule has 0 saturated heterocycles. The van der Waals surface area contributed by atoms with Crippen molar-refractivity contribution in [1.29, 1.82) is 0 Å². The number of benzene rings is 2. The lowest BCUT2D eigenvalue weighted by molar-refractivity contribution is 0.103. The molecule has 144 valence electrons. The molecule has 1 heterocycles. The van der Waals surface area contributed by atoms with Gasteiger partial charge in [0.15, 0.2) is 0 Å². The molecular formula is C20H19N3O5. The Bertz CT molecular complexity index is 1070. The number of hydrogen-bond donors (Lipinski definition) is 1. The minimum absolute atomic E-state index is 0.0393. The molecule has 0 spiro atoms. The van der Waals surface area contributed by atoms with Gasteiger partial charge in [-0.05, 0) is 31.2 Å². The van der Waals surface area contributed by atoms with Crippen LogP contribution in [0.1, 0.15) is 21.7 Å². The number of imidazole rings is 1. The molecular weight excluding hydrogens is 362 g/mol. The van der Waals surface area contributed by atoms with E-state index in [1.165, 1.54) is 11.7 Å². The highest BCUT2D eigenvalue weighted by Crippen LogP contribution is 2.19. The van der Waals surface area contributed by atoms with Crippen LogP contribution in [0, 0.1) is 6.92 Å². The lowest BCUT2D eigenvalue weighted by Gasteiger charge is -2.08. The minimum atomic E-state index is -0.865. The Balaban J connectivity index is 2.20. The summed E-state index contributed by atoms with van der Waals surface area (Å²) in [4.78, 5) is 37.8. The average Bonchev–Trinajstić information content (AvgIpc) is 2.97. The first-order valence-corrected chi connectivity index (χ1v) is 8.41. The van der Waals surface area contributed by atoms with Gasteiger partial charge in [0.2, 0.25) is 5.78 Å². The Morgan fingerprint density at radius 1 is 0.964 bits per heavy atom. The smallest absolute Gasteiger partial charge is 0.426 e. The van der Waals surface area contributed by atoms with Crippen LogP contribution in [-0.2, 0) is 4.74 Å². The zero-order valence-electron chi connectivity index (χ0n) is 15.6.